The Morgan fingerprint density at radius 2 is 2.10 bits per heavy atom. The van der Waals surface area contributed by atoms with Gasteiger partial charge < -0.3 is 15.5 Å². The number of para-hydroxylation sites is 1. The van der Waals surface area contributed by atoms with Gasteiger partial charge in [0.05, 0.1) is 11.6 Å². The summed E-state index contributed by atoms with van der Waals surface area (Å²) in [5.74, 6) is -1.60. The number of carbonyl (C=O) groups excluding carboxylic acids is 1. The fraction of sp³-hybridized carbons (Fsp3) is 0.214. The Hall–Kier alpha value is -2.41. The molecule has 7 heteroatoms. The highest BCUT2D eigenvalue weighted by atomic mass is 32.1. The van der Waals surface area contributed by atoms with Crippen molar-refractivity contribution >= 4 is 23.2 Å². The van der Waals surface area contributed by atoms with E-state index in [1.54, 1.807) is 26.0 Å². The van der Waals surface area contributed by atoms with Crippen molar-refractivity contribution in [1.29, 1.82) is 0 Å². The molecule has 21 heavy (non-hydrogen) atoms. The molecule has 0 spiro atoms. The molecule has 0 bridgehead atoms. The maximum Gasteiger partial charge on any atom is 0.355 e. The molecule has 6 nitrogen and oxygen atoms in total. The Labute approximate surface area is 125 Å². The number of aromatic carboxylic acids is 1. The molecule has 1 aromatic carbocycles. The molecule has 1 heterocycles. The summed E-state index contributed by atoms with van der Waals surface area (Å²) < 4.78 is 0. The fourth-order valence-electron chi connectivity index (χ4n) is 1.76. The molecule has 2 aromatic rings. The summed E-state index contributed by atoms with van der Waals surface area (Å²) in [5.41, 5.74) is 0.740. The van der Waals surface area contributed by atoms with E-state index in [9.17, 15) is 14.7 Å². The number of phenols is 1. The van der Waals surface area contributed by atoms with E-state index >= 15 is 0 Å². The van der Waals surface area contributed by atoms with Gasteiger partial charge in [0.2, 0.25) is 0 Å². The molecule has 0 aliphatic heterocycles. The minimum Gasteiger partial charge on any atom is -0.507 e. The van der Waals surface area contributed by atoms with Gasteiger partial charge in [0.25, 0.3) is 5.91 Å². The summed E-state index contributed by atoms with van der Waals surface area (Å²) >= 11 is 1.16. The van der Waals surface area contributed by atoms with E-state index in [4.69, 9.17) is 5.11 Å². The first-order chi connectivity index (χ1) is 9.90. The van der Waals surface area contributed by atoms with Crippen LogP contribution >= 0.6 is 11.3 Å². The van der Waals surface area contributed by atoms with Gasteiger partial charge in [-0.15, -0.1) is 11.3 Å². The molecule has 1 aromatic heterocycles. The van der Waals surface area contributed by atoms with Gasteiger partial charge in [0.1, 0.15) is 10.8 Å². The van der Waals surface area contributed by atoms with Gasteiger partial charge in [-0.2, -0.15) is 0 Å². The third-order valence-corrected chi connectivity index (χ3v) is 3.97. The van der Waals surface area contributed by atoms with Crippen LogP contribution in [-0.2, 0) is 0 Å². The zero-order valence-electron chi connectivity index (χ0n) is 11.5. The zero-order valence-corrected chi connectivity index (χ0v) is 12.3. The summed E-state index contributed by atoms with van der Waals surface area (Å²) in [7, 11) is 0. The minimum atomic E-state index is -1.10. The second-order valence-corrected chi connectivity index (χ2v) is 5.43. The predicted octanol–water partition coefficient (Wildman–Crippen LogP) is 2.35. The molecule has 110 valence electrons. The van der Waals surface area contributed by atoms with Crippen LogP contribution in [0.1, 0.15) is 44.4 Å². The lowest BCUT2D eigenvalue weighted by atomic mass is 10.1. The van der Waals surface area contributed by atoms with Crippen LogP contribution in [0.25, 0.3) is 0 Å². The molecule has 0 fully saturated rings. The number of hydrogen-bond acceptors (Lipinski definition) is 5. The first-order valence-corrected chi connectivity index (χ1v) is 7.06. The largest absolute Gasteiger partial charge is 0.507 e. The van der Waals surface area contributed by atoms with Gasteiger partial charge in [-0.25, -0.2) is 9.78 Å². The number of nitrogens with zero attached hydrogens (tertiary/aromatic N) is 1. The van der Waals surface area contributed by atoms with Gasteiger partial charge in [-0.1, -0.05) is 12.1 Å². The van der Waals surface area contributed by atoms with Crippen LogP contribution in [-0.4, -0.2) is 27.1 Å². The van der Waals surface area contributed by atoms with Crippen LogP contribution in [0.4, 0.5) is 0 Å². The smallest absolute Gasteiger partial charge is 0.355 e. The number of aromatic hydroxyl groups is 1. The zero-order chi connectivity index (χ0) is 15.6. The lowest BCUT2D eigenvalue weighted by molar-refractivity contribution is 0.0691. The number of carboxylic acid groups (broad SMARTS) is 1. The number of amides is 1. The lowest BCUT2D eigenvalue weighted by Crippen LogP contribution is -2.26. The molecular formula is C14H14N2O4S. The monoisotopic (exact) mass is 306 g/mol. The van der Waals surface area contributed by atoms with Gasteiger partial charge in [-0.3, -0.25) is 4.79 Å². The van der Waals surface area contributed by atoms with E-state index in [-0.39, 0.29) is 17.0 Å². The number of phenolic OH excluding ortho intramolecular Hbond substituents is 1. The van der Waals surface area contributed by atoms with E-state index in [0.29, 0.717) is 10.6 Å². The topological polar surface area (TPSA) is 99.5 Å². The lowest BCUT2D eigenvalue weighted by Gasteiger charge is -2.12. The van der Waals surface area contributed by atoms with Gasteiger partial charge in [0, 0.05) is 5.38 Å². The summed E-state index contributed by atoms with van der Waals surface area (Å²) in [5, 5.41) is 23.3. The quantitative estimate of drug-likeness (QED) is 0.805. The Kier molecular flexibility index (Phi) is 4.23. The number of hydrogen-bond donors (Lipinski definition) is 3. The van der Waals surface area contributed by atoms with E-state index in [1.807, 2.05) is 0 Å². The number of nitrogens with one attached hydrogen (secondary N) is 1. The first-order valence-electron chi connectivity index (χ1n) is 6.18. The number of aromatic nitrogens is 1. The Morgan fingerprint density at radius 1 is 1.38 bits per heavy atom. The highest BCUT2D eigenvalue weighted by Crippen LogP contribution is 2.23. The molecule has 2 rings (SSSR count). The van der Waals surface area contributed by atoms with E-state index in [1.165, 1.54) is 11.4 Å². The van der Waals surface area contributed by atoms with Crippen molar-refractivity contribution in [3.8, 4) is 5.75 Å². The summed E-state index contributed by atoms with van der Waals surface area (Å²) in [6.07, 6.45) is 0. The van der Waals surface area contributed by atoms with Crippen LogP contribution < -0.4 is 5.32 Å². The number of carboxylic acids is 1. The molecule has 1 unspecified atom stereocenters. The van der Waals surface area contributed by atoms with Crippen LogP contribution in [0, 0.1) is 6.92 Å². The number of rotatable bonds is 4. The molecule has 0 radical (unpaired) electrons. The number of benzene rings is 1. The SMILES string of the molecule is Cc1cccc(C(=O)NC(C)c2nc(C(=O)O)cs2)c1O. The second kappa shape index (κ2) is 5.92. The van der Waals surface area contributed by atoms with Crippen molar-refractivity contribution < 1.29 is 19.8 Å². The number of aryl methyl sites for hydroxylation is 1. The molecule has 1 amide bonds. The average molecular weight is 306 g/mol. The fourth-order valence-corrected chi connectivity index (χ4v) is 2.56. The van der Waals surface area contributed by atoms with Gasteiger partial charge in [-0.05, 0) is 25.5 Å². The van der Waals surface area contributed by atoms with Crippen LogP contribution in [0.2, 0.25) is 0 Å². The minimum absolute atomic E-state index is 0.0468. The molecule has 1 atom stereocenters. The van der Waals surface area contributed by atoms with Crippen molar-refractivity contribution in [3.05, 3.63) is 45.4 Å². The van der Waals surface area contributed by atoms with E-state index in [0.717, 1.165) is 11.3 Å². The maximum absolute atomic E-state index is 12.1. The standard InChI is InChI=1S/C14H14N2O4S/c1-7-4-3-5-9(11(7)17)12(18)15-8(2)13-16-10(6-21-13)14(19)20/h3-6,8,17H,1-2H3,(H,15,18)(H,19,20). The van der Waals surface area contributed by atoms with Crippen LogP contribution in [0.5, 0.6) is 5.75 Å². The summed E-state index contributed by atoms with van der Waals surface area (Å²) in [6, 6.07) is 4.46. The van der Waals surface area contributed by atoms with Gasteiger partial charge in [0.15, 0.2) is 5.69 Å². The van der Waals surface area contributed by atoms with Crippen molar-refractivity contribution in [3.63, 3.8) is 0 Å². The number of carbonyl (C=O) groups is 2. The van der Waals surface area contributed by atoms with Crippen molar-refractivity contribution in [2.24, 2.45) is 0 Å². The Bertz CT molecular complexity index is 696. The predicted molar refractivity (Wildman–Crippen MR) is 77.8 cm³/mol. The molecule has 0 aliphatic carbocycles. The first kappa shape index (κ1) is 15.0. The Morgan fingerprint density at radius 3 is 2.71 bits per heavy atom. The Balaban J connectivity index is 2.14. The van der Waals surface area contributed by atoms with E-state index in [2.05, 4.69) is 10.3 Å². The number of thiazole rings is 1. The molecule has 0 aliphatic rings. The molecular weight excluding hydrogens is 292 g/mol. The van der Waals surface area contributed by atoms with Crippen molar-refractivity contribution in [2.45, 2.75) is 19.9 Å². The summed E-state index contributed by atoms with van der Waals surface area (Å²) in [6.45, 7) is 3.41. The van der Waals surface area contributed by atoms with Gasteiger partial charge >= 0.3 is 5.97 Å². The molecule has 3 N–H and O–H groups in total. The summed E-state index contributed by atoms with van der Waals surface area (Å²) in [4.78, 5) is 26.9. The van der Waals surface area contributed by atoms with Crippen LogP contribution in [0.3, 0.4) is 0 Å². The average Bonchev–Trinajstić information content (AvgIpc) is 2.91. The van der Waals surface area contributed by atoms with Crippen LogP contribution in [0.15, 0.2) is 23.6 Å². The van der Waals surface area contributed by atoms with Crippen molar-refractivity contribution in [2.75, 3.05) is 0 Å². The van der Waals surface area contributed by atoms with E-state index < -0.39 is 17.9 Å². The normalized spacial score (nSPS) is 11.9. The maximum atomic E-state index is 12.1. The molecule has 0 saturated heterocycles. The second-order valence-electron chi connectivity index (χ2n) is 4.54. The highest BCUT2D eigenvalue weighted by Gasteiger charge is 2.18. The molecule has 0 saturated carbocycles. The van der Waals surface area contributed by atoms with Crippen molar-refractivity contribution in [1.82, 2.24) is 10.3 Å². The highest BCUT2D eigenvalue weighted by molar-refractivity contribution is 7.09. The third kappa shape index (κ3) is 3.19. The third-order valence-electron chi connectivity index (χ3n) is 2.94.